The van der Waals surface area contributed by atoms with Crippen molar-refractivity contribution in [3.8, 4) is 0 Å². The van der Waals surface area contributed by atoms with E-state index in [1.54, 1.807) is 0 Å². The van der Waals surface area contributed by atoms with Gasteiger partial charge in [-0.05, 0) is 20.3 Å². The highest BCUT2D eigenvalue weighted by Gasteiger charge is 2.49. The highest BCUT2D eigenvalue weighted by Crippen LogP contribution is 2.43. The van der Waals surface area contributed by atoms with Crippen molar-refractivity contribution in [2.45, 2.75) is 77.6 Å². The molecule has 4 heteroatoms. The van der Waals surface area contributed by atoms with Gasteiger partial charge in [0, 0.05) is 31.5 Å². The average molecular weight is 324 g/mol. The van der Waals surface area contributed by atoms with Crippen molar-refractivity contribution in [2.75, 3.05) is 13.2 Å². The van der Waals surface area contributed by atoms with Crippen molar-refractivity contribution < 1.29 is 19.0 Å². The maximum atomic E-state index is 11.6. The van der Waals surface area contributed by atoms with Gasteiger partial charge in [0.05, 0.1) is 18.6 Å². The molecule has 23 heavy (non-hydrogen) atoms. The van der Waals surface area contributed by atoms with Gasteiger partial charge in [-0.2, -0.15) is 0 Å². The summed E-state index contributed by atoms with van der Waals surface area (Å²) in [6.07, 6.45) is 10.9. The fourth-order valence-electron chi connectivity index (χ4n) is 3.85. The maximum absolute atomic E-state index is 11.6. The van der Waals surface area contributed by atoms with Gasteiger partial charge in [0.25, 0.3) is 0 Å². The van der Waals surface area contributed by atoms with E-state index >= 15 is 0 Å². The van der Waals surface area contributed by atoms with Gasteiger partial charge >= 0.3 is 5.97 Å². The number of carbonyl (C=O) groups is 1. The minimum atomic E-state index is -0.0577. The van der Waals surface area contributed by atoms with Crippen LogP contribution in [0, 0.1) is 11.8 Å². The van der Waals surface area contributed by atoms with Crippen molar-refractivity contribution in [3.63, 3.8) is 0 Å². The van der Waals surface area contributed by atoms with E-state index in [-0.39, 0.29) is 36.1 Å². The number of unbranched alkanes of at least 4 members (excludes halogenated alkanes) is 2. The lowest BCUT2D eigenvalue weighted by atomic mass is 9.91. The average Bonchev–Trinajstić information content (AvgIpc) is 3.01. The number of esters is 1. The molecule has 0 aromatic carbocycles. The van der Waals surface area contributed by atoms with Gasteiger partial charge in [0.2, 0.25) is 0 Å². The van der Waals surface area contributed by atoms with Gasteiger partial charge in [0.15, 0.2) is 0 Å². The van der Waals surface area contributed by atoms with Gasteiger partial charge in [0.1, 0.15) is 6.10 Å². The summed E-state index contributed by atoms with van der Waals surface area (Å²) in [6.45, 7) is 7.71. The molecule has 1 aliphatic carbocycles. The van der Waals surface area contributed by atoms with E-state index < -0.39 is 0 Å². The molecular weight excluding hydrogens is 292 g/mol. The smallest absolute Gasteiger partial charge is 0.306 e. The fraction of sp³-hybridized carbons (Fsp3) is 0.842. The van der Waals surface area contributed by atoms with Gasteiger partial charge in [-0.25, -0.2) is 0 Å². The summed E-state index contributed by atoms with van der Waals surface area (Å²) >= 11 is 0. The van der Waals surface area contributed by atoms with Crippen LogP contribution in [-0.2, 0) is 19.0 Å². The van der Waals surface area contributed by atoms with Crippen molar-refractivity contribution in [3.05, 3.63) is 12.2 Å². The fourth-order valence-corrected chi connectivity index (χ4v) is 3.85. The van der Waals surface area contributed by atoms with Crippen LogP contribution in [0.1, 0.15) is 59.3 Å². The number of ether oxygens (including phenoxy) is 3. The number of hydrogen-bond donors (Lipinski definition) is 0. The second-order valence-corrected chi connectivity index (χ2v) is 6.58. The molecule has 2 fully saturated rings. The third-order valence-corrected chi connectivity index (χ3v) is 4.95. The molecule has 3 unspecified atom stereocenters. The predicted octanol–water partition coefficient (Wildman–Crippen LogP) is 3.88. The van der Waals surface area contributed by atoms with Gasteiger partial charge < -0.3 is 14.2 Å². The Hall–Kier alpha value is -0.870. The summed E-state index contributed by atoms with van der Waals surface area (Å²) in [7, 11) is 0. The normalized spacial score (nSPS) is 31.5. The van der Waals surface area contributed by atoms with Crippen molar-refractivity contribution in [1.82, 2.24) is 0 Å². The standard InChI is InChI=1S/C19H32O4/c1-4-7-8-9-14(21-5-2)10-11-15-16-12-19(20)23-18(16)13-17(15)22-6-3/h10-11,14-18H,4-9,12-13H2,1-3H3/b11-10+/t14?,15-,16-,17?,18?/m1/s1. The SMILES string of the molecule is CCCCCC(/C=C/[C@H]1C(OCC)CC2OC(=O)C[C@@H]21)OCC. The lowest BCUT2D eigenvalue weighted by molar-refractivity contribution is -0.142. The molecule has 5 atom stereocenters. The molecule has 0 spiro atoms. The monoisotopic (exact) mass is 324 g/mol. The quantitative estimate of drug-likeness (QED) is 0.347. The molecule has 0 amide bonds. The molecule has 1 saturated heterocycles. The minimum absolute atomic E-state index is 0.0411. The third kappa shape index (κ3) is 5.05. The molecule has 1 saturated carbocycles. The number of rotatable bonds is 10. The van der Waals surface area contributed by atoms with E-state index in [4.69, 9.17) is 14.2 Å². The summed E-state index contributed by atoms with van der Waals surface area (Å²) < 4.78 is 17.2. The molecule has 0 N–H and O–H groups in total. The van der Waals surface area contributed by atoms with E-state index in [1.807, 2.05) is 13.8 Å². The van der Waals surface area contributed by atoms with Crippen LogP contribution in [0.4, 0.5) is 0 Å². The van der Waals surface area contributed by atoms with Crippen LogP contribution in [0.15, 0.2) is 12.2 Å². The summed E-state index contributed by atoms with van der Waals surface area (Å²) in [4.78, 5) is 11.6. The van der Waals surface area contributed by atoms with Gasteiger partial charge in [-0.3, -0.25) is 4.79 Å². The lowest BCUT2D eigenvalue weighted by Crippen LogP contribution is -2.22. The zero-order valence-electron chi connectivity index (χ0n) is 14.8. The number of carbonyl (C=O) groups excluding carboxylic acids is 1. The van der Waals surface area contributed by atoms with Crippen molar-refractivity contribution in [2.24, 2.45) is 11.8 Å². The van der Waals surface area contributed by atoms with Gasteiger partial charge in [-0.15, -0.1) is 0 Å². The molecule has 1 aliphatic heterocycles. The first-order valence-electron chi connectivity index (χ1n) is 9.30. The first-order valence-corrected chi connectivity index (χ1v) is 9.30. The van der Waals surface area contributed by atoms with Crippen molar-refractivity contribution >= 4 is 5.97 Å². The Morgan fingerprint density at radius 1 is 1.26 bits per heavy atom. The molecule has 1 heterocycles. The van der Waals surface area contributed by atoms with Gasteiger partial charge in [-0.1, -0.05) is 38.3 Å². The van der Waals surface area contributed by atoms with E-state index in [0.717, 1.165) is 19.4 Å². The molecular formula is C19H32O4. The first kappa shape index (κ1) is 18.5. The largest absolute Gasteiger partial charge is 0.462 e. The van der Waals surface area contributed by atoms with Crippen LogP contribution in [0.3, 0.4) is 0 Å². The zero-order chi connectivity index (χ0) is 16.7. The van der Waals surface area contributed by atoms with Crippen LogP contribution in [-0.4, -0.2) is 37.5 Å². The van der Waals surface area contributed by atoms with E-state index in [0.29, 0.717) is 13.0 Å². The Morgan fingerprint density at radius 3 is 2.78 bits per heavy atom. The predicted molar refractivity (Wildman–Crippen MR) is 90.2 cm³/mol. The van der Waals surface area contributed by atoms with Crippen molar-refractivity contribution in [1.29, 1.82) is 0 Å². The first-order chi connectivity index (χ1) is 11.2. The highest BCUT2D eigenvalue weighted by atomic mass is 16.6. The minimum Gasteiger partial charge on any atom is -0.462 e. The molecule has 4 nitrogen and oxygen atoms in total. The molecule has 0 radical (unpaired) electrons. The lowest BCUT2D eigenvalue weighted by Gasteiger charge is -2.20. The molecule has 0 aromatic heterocycles. The van der Waals surface area contributed by atoms with E-state index in [9.17, 15) is 4.79 Å². The second kappa shape index (κ2) is 9.43. The summed E-state index contributed by atoms with van der Waals surface area (Å²) in [5.41, 5.74) is 0. The maximum Gasteiger partial charge on any atom is 0.306 e. The van der Waals surface area contributed by atoms with E-state index in [1.165, 1.54) is 19.3 Å². The molecule has 0 aromatic rings. The summed E-state index contributed by atoms with van der Waals surface area (Å²) in [5.74, 6) is 0.478. The van der Waals surface area contributed by atoms with Crippen LogP contribution >= 0.6 is 0 Å². The summed E-state index contributed by atoms with van der Waals surface area (Å²) in [5, 5.41) is 0. The third-order valence-electron chi connectivity index (χ3n) is 4.95. The Balaban J connectivity index is 1.98. The Kier molecular flexibility index (Phi) is 7.57. The van der Waals surface area contributed by atoms with E-state index in [2.05, 4.69) is 19.1 Å². The second-order valence-electron chi connectivity index (χ2n) is 6.58. The Labute approximate surface area is 140 Å². The Morgan fingerprint density at radius 2 is 2.09 bits per heavy atom. The number of hydrogen-bond acceptors (Lipinski definition) is 4. The van der Waals surface area contributed by atoms with Crippen LogP contribution < -0.4 is 0 Å². The molecule has 2 rings (SSSR count). The molecule has 0 bridgehead atoms. The molecule has 132 valence electrons. The summed E-state index contributed by atoms with van der Waals surface area (Å²) in [6, 6.07) is 0. The zero-order valence-corrected chi connectivity index (χ0v) is 14.8. The van der Waals surface area contributed by atoms with Crippen LogP contribution in [0.5, 0.6) is 0 Å². The highest BCUT2D eigenvalue weighted by molar-refractivity contribution is 5.72. The topological polar surface area (TPSA) is 44.8 Å². The molecule has 2 aliphatic rings. The number of fused-ring (bicyclic) bond motifs is 1. The Bertz CT molecular complexity index is 393. The van der Waals surface area contributed by atoms with Crippen LogP contribution in [0.2, 0.25) is 0 Å². The van der Waals surface area contributed by atoms with Crippen LogP contribution in [0.25, 0.3) is 0 Å².